The van der Waals surface area contributed by atoms with Crippen molar-refractivity contribution < 1.29 is 14.4 Å². The van der Waals surface area contributed by atoms with Gasteiger partial charge in [-0.3, -0.25) is 14.4 Å². The number of carbonyl (C=O) groups is 3. The second-order valence-electron chi connectivity index (χ2n) is 9.52. The maximum atomic E-state index is 13.5. The molecule has 0 aliphatic rings. The number of rotatable bonds is 12. The van der Waals surface area contributed by atoms with Crippen LogP contribution in [-0.2, 0) is 27.2 Å². The molecule has 2 N–H and O–H groups in total. The van der Waals surface area contributed by atoms with Gasteiger partial charge in [-0.15, -0.1) is 11.3 Å². The third kappa shape index (κ3) is 8.69. The molecule has 1 heterocycles. The number of hydrogen-bond acceptors (Lipinski definition) is 6. The fraction of sp³-hybridized carbons (Fsp3) is 0.333. The van der Waals surface area contributed by atoms with Crippen molar-refractivity contribution in [2.24, 2.45) is 4.99 Å². The zero-order valence-electron chi connectivity index (χ0n) is 22.5. The Labute approximate surface area is 232 Å². The largest absolute Gasteiger partial charge is 0.346 e. The van der Waals surface area contributed by atoms with Gasteiger partial charge in [-0.05, 0) is 35.6 Å². The summed E-state index contributed by atoms with van der Waals surface area (Å²) >= 11 is 1.50. The summed E-state index contributed by atoms with van der Waals surface area (Å²) < 4.78 is 1.02. The number of nitrogens with zero attached hydrogens (tertiary/aromatic N) is 3. The van der Waals surface area contributed by atoms with E-state index in [0.717, 1.165) is 20.8 Å². The molecule has 39 heavy (non-hydrogen) atoms. The van der Waals surface area contributed by atoms with E-state index in [1.54, 1.807) is 6.07 Å². The maximum absolute atomic E-state index is 13.5. The first-order valence-electron chi connectivity index (χ1n) is 12.9. The van der Waals surface area contributed by atoms with Gasteiger partial charge in [0.25, 0.3) is 11.8 Å². The molecule has 3 amide bonds. The summed E-state index contributed by atoms with van der Waals surface area (Å²) in [6, 6.07) is 16.4. The van der Waals surface area contributed by atoms with E-state index in [0.29, 0.717) is 24.5 Å². The molecular weight excluding hydrogens is 510 g/mol. The van der Waals surface area contributed by atoms with Gasteiger partial charge in [0.2, 0.25) is 5.91 Å². The lowest BCUT2D eigenvalue weighted by Gasteiger charge is -2.16. The molecule has 0 radical (unpaired) electrons. The molecule has 9 heteroatoms. The summed E-state index contributed by atoms with van der Waals surface area (Å²) in [6.07, 6.45) is 1.43. The second-order valence-corrected chi connectivity index (χ2v) is 10.6. The molecule has 3 aromatic rings. The van der Waals surface area contributed by atoms with Gasteiger partial charge >= 0.3 is 0 Å². The van der Waals surface area contributed by atoms with Crippen molar-refractivity contribution >= 4 is 45.0 Å². The monoisotopic (exact) mass is 543 g/mol. The van der Waals surface area contributed by atoms with Crippen molar-refractivity contribution in [3.05, 3.63) is 76.8 Å². The van der Waals surface area contributed by atoms with Crippen LogP contribution in [0.1, 0.15) is 55.7 Å². The maximum Gasteiger partial charge on any atom is 0.268 e. The fourth-order valence-electron chi connectivity index (χ4n) is 3.85. The Morgan fingerprint density at radius 2 is 1.90 bits per heavy atom. The van der Waals surface area contributed by atoms with Gasteiger partial charge in [0, 0.05) is 25.0 Å². The molecule has 1 aromatic heterocycles. The summed E-state index contributed by atoms with van der Waals surface area (Å²) in [7, 11) is 0. The van der Waals surface area contributed by atoms with Gasteiger partial charge in [0.1, 0.15) is 17.7 Å². The van der Waals surface area contributed by atoms with Crippen LogP contribution in [0.2, 0.25) is 0 Å². The van der Waals surface area contributed by atoms with Crippen LogP contribution in [0, 0.1) is 11.3 Å². The molecule has 0 spiro atoms. The molecule has 0 saturated carbocycles. The zero-order chi connectivity index (χ0) is 28.4. The number of thiazole rings is 1. The lowest BCUT2D eigenvalue weighted by molar-refractivity contribution is -0.127. The molecule has 1 atom stereocenters. The van der Waals surface area contributed by atoms with Crippen molar-refractivity contribution in [2.45, 2.75) is 58.4 Å². The smallest absolute Gasteiger partial charge is 0.268 e. The molecule has 0 unspecified atom stereocenters. The highest BCUT2D eigenvalue weighted by atomic mass is 32.1. The van der Waals surface area contributed by atoms with Crippen LogP contribution in [-0.4, -0.2) is 41.0 Å². The molecule has 0 saturated heterocycles. The Balaban J connectivity index is 1.89. The summed E-state index contributed by atoms with van der Waals surface area (Å²) in [5.74, 6) is -1.02. The van der Waals surface area contributed by atoms with Crippen LogP contribution in [0.4, 0.5) is 0 Å². The van der Waals surface area contributed by atoms with Gasteiger partial charge in [-0.1, -0.05) is 63.7 Å². The average molecular weight is 544 g/mol. The standard InChI is InChI=1S/C30H33N5O3S/c1-5-9-27(36)34-25(16-28-35-24-13-12-22(19(2)3)15-26(24)39-28)30(38)33-23(14-21-10-7-6-8-11-21)18-32-29(37)20(4)17-31/h6-8,10-13,15,19,25H,4-5,9,14,16,18H2,1-3H3,(H,32,37)(H,34,36)/t25-/m0/s1. The summed E-state index contributed by atoms with van der Waals surface area (Å²) in [5, 5.41) is 15.1. The Bertz CT molecular complexity index is 1420. The van der Waals surface area contributed by atoms with Crippen LogP contribution in [0.15, 0.2) is 65.7 Å². The predicted octanol–water partition coefficient (Wildman–Crippen LogP) is 4.65. The number of amides is 3. The molecular formula is C30H33N5O3S. The average Bonchev–Trinajstić information content (AvgIpc) is 3.33. The molecule has 202 valence electrons. The van der Waals surface area contributed by atoms with E-state index in [1.165, 1.54) is 16.9 Å². The van der Waals surface area contributed by atoms with E-state index in [-0.39, 0.29) is 30.9 Å². The predicted molar refractivity (Wildman–Crippen MR) is 155 cm³/mol. The summed E-state index contributed by atoms with van der Waals surface area (Å²) in [4.78, 5) is 47.1. The Kier molecular flexibility index (Phi) is 10.6. The van der Waals surface area contributed by atoms with Crippen molar-refractivity contribution in [1.82, 2.24) is 15.6 Å². The number of benzene rings is 2. The fourth-order valence-corrected chi connectivity index (χ4v) is 4.91. The first-order valence-corrected chi connectivity index (χ1v) is 13.7. The molecule has 3 rings (SSSR count). The zero-order valence-corrected chi connectivity index (χ0v) is 23.3. The van der Waals surface area contributed by atoms with Crippen LogP contribution >= 0.6 is 11.3 Å². The number of hydrogen-bond donors (Lipinski definition) is 2. The quantitative estimate of drug-likeness (QED) is 0.195. The molecule has 0 bridgehead atoms. The Hall–Kier alpha value is -4.16. The van der Waals surface area contributed by atoms with E-state index < -0.39 is 17.9 Å². The number of fused-ring (bicyclic) bond motifs is 1. The van der Waals surface area contributed by atoms with Crippen molar-refractivity contribution in [1.29, 1.82) is 5.26 Å². The van der Waals surface area contributed by atoms with E-state index in [2.05, 4.69) is 48.2 Å². The van der Waals surface area contributed by atoms with E-state index in [9.17, 15) is 14.4 Å². The minimum Gasteiger partial charge on any atom is -0.346 e. The van der Waals surface area contributed by atoms with Gasteiger partial charge < -0.3 is 10.6 Å². The summed E-state index contributed by atoms with van der Waals surface area (Å²) in [5.41, 5.74) is 3.11. The lowest BCUT2D eigenvalue weighted by Crippen LogP contribution is -2.42. The van der Waals surface area contributed by atoms with E-state index in [4.69, 9.17) is 10.2 Å². The minimum atomic E-state index is -0.912. The first-order chi connectivity index (χ1) is 18.7. The first kappa shape index (κ1) is 29.4. The third-order valence-electron chi connectivity index (χ3n) is 5.99. The van der Waals surface area contributed by atoms with Gasteiger partial charge in [-0.25, -0.2) is 9.98 Å². The number of carbonyl (C=O) groups excluding carboxylic acids is 3. The van der Waals surface area contributed by atoms with Gasteiger partial charge in [0.15, 0.2) is 0 Å². The Morgan fingerprint density at radius 1 is 1.15 bits per heavy atom. The SMILES string of the molecule is C=C(C#N)C(=O)NCC(Cc1ccccc1)=NC(=O)[C@H](Cc1nc2ccc(C(C)C)cc2s1)NC(=O)CCC. The molecule has 8 nitrogen and oxygen atoms in total. The molecule has 0 aliphatic heterocycles. The van der Waals surface area contributed by atoms with Crippen LogP contribution in [0.25, 0.3) is 10.2 Å². The van der Waals surface area contributed by atoms with Crippen molar-refractivity contribution in [2.75, 3.05) is 6.54 Å². The van der Waals surface area contributed by atoms with Gasteiger partial charge in [-0.2, -0.15) is 5.26 Å². The summed E-state index contributed by atoms with van der Waals surface area (Å²) in [6.45, 7) is 9.53. The molecule has 2 aromatic carbocycles. The number of nitriles is 1. The van der Waals surface area contributed by atoms with Crippen LogP contribution in [0.3, 0.4) is 0 Å². The molecule has 0 fully saturated rings. The topological polar surface area (TPSA) is 124 Å². The van der Waals surface area contributed by atoms with Crippen LogP contribution < -0.4 is 10.6 Å². The van der Waals surface area contributed by atoms with Gasteiger partial charge in [0.05, 0.1) is 21.8 Å². The molecule has 0 aliphatic carbocycles. The van der Waals surface area contributed by atoms with Crippen LogP contribution in [0.5, 0.6) is 0 Å². The second kappa shape index (κ2) is 14.1. The highest BCUT2D eigenvalue weighted by Gasteiger charge is 2.23. The van der Waals surface area contributed by atoms with E-state index >= 15 is 0 Å². The highest BCUT2D eigenvalue weighted by molar-refractivity contribution is 7.18. The number of aromatic nitrogens is 1. The lowest BCUT2D eigenvalue weighted by atomic mass is 10.0. The minimum absolute atomic E-state index is 0.0467. The van der Waals surface area contributed by atoms with E-state index in [1.807, 2.05) is 43.3 Å². The highest BCUT2D eigenvalue weighted by Crippen LogP contribution is 2.27. The third-order valence-corrected chi connectivity index (χ3v) is 7.03. The van der Waals surface area contributed by atoms with Crippen molar-refractivity contribution in [3.8, 4) is 6.07 Å². The number of nitrogens with one attached hydrogen (secondary N) is 2. The number of aliphatic imine (C=N–C) groups is 1. The normalized spacial score (nSPS) is 12.1. The Morgan fingerprint density at radius 3 is 2.56 bits per heavy atom. The van der Waals surface area contributed by atoms with Crippen molar-refractivity contribution in [3.63, 3.8) is 0 Å².